The van der Waals surface area contributed by atoms with Gasteiger partial charge in [-0.2, -0.15) is 0 Å². The number of methoxy groups -OCH3 is 1. The Balaban J connectivity index is 1.72. The monoisotopic (exact) mass is 292 g/mol. The van der Waals surface area contributed by atoms with Crippen LogP contribution in [-0.2, 0) is 11.2 Å². The highest BCUT2D eigenvalue weighted by atomic mass is 32.1. The van der Waals surface area contributed by atoms with Gasteiger partial charge in [-0.25, -0.2) is 4.98 Å². The van der Waals surface area contributed by atoms with Gasteiger partial charge in [0.2, 0.25) is 0 Å². The van der Waals surface area contributed by atoms with E-state index in [0.717, 1.165) is 11.4 Å². The van der Waals surface area contributed by atoms with Gasteiger partial charge in [0, 0.05) is 24.5 Å². The molecule has 5 nitrogen and oxygen atoms in total. The topological polar surface area (TPSA) is 60.5 Å². The van der Waals surface area contributed by atoms with Gasteiger partial charge >= 0.3 is 0 Å². The summed E-state index contributed by atoms with van der Waals surface area (Å²) in [6.45, 7) is 0.528. The molecule has 1 aromatic carbocycles. The van der Waals surface area contributed by atoms with Crippen LogP contribution in [0.25, 0.3) is 0 Å². The van der Waals surface area contributed by atoms with E-state index in [1.165, 1.54) is 0 Å². The van der Waals surface area contributed by atoms with Crippen LogP contribution in [0.4, 0.5) is 0 Å². The Bertz CT molecular complexity index is 543. The summed E-state index contributed by atoms with van der Waals surface area (Å²) in [4.78, 5) is 15.8. The third kappa shape index (κ3) is 4.24. The van der Waals surface area contributed by atoms with Crippen molar-refractivity contribution in [2.75, 3.05) is 20.3 Å². The van der Waals surface area contributed by atoms with E-state index in [1.807, 2.05) is 17.5 Å². The van der Waals surface area contributed by atoms with Crippen molar-refractivity contribution in [1.82, 2.24) is 10.3 Å². The van der Waals surface area contributed by atoms with E-state index >= 15 is 0 Å². The number of nitrogens with zero attached hydrogens (tertiary/aromatic N) is 1. The second kappa shape index (κ2) is 7.49. The fourth-order valence-electron chi connectivity index (χ4n) is 1.62. The fourth-order valence-corrected chi connectivity index (χ4v) is 2.24. The highest BCUT2D eigenvalue weighted by molar-refractivity contribution is 7.09. The number of carbonyl (C=O) groups excluding carboxylic acids is 1. The number of benzene rings is 1. The molecule has 0 aliphatic carbocycles. The summed E-state index contributed by atoms with van der Waals surface area (Å²) in [7, 11) is 1.57. The zero-order valence-electron chi connectivity index (χ0n) is 11.2. The number of rotatable bonds is 7. The van der Waals surface area contributed by atoms with Crippen molar-refractivity contribution in [1.29, 1.82) is 0 Å². The summed E-state index contributed by atoms with van der Waals surface area (Å²) >= 11 is 1.58. The Kier molecular flexibility index (Phi) is 5.37. The summed E-state index contributed by atoms with van der Waals surface area (Å²) < 4.78 is 10.6. The van der Waals surface area contributed by atoms with Crippen molar-refractivity contribution in [3.63, 3.8) is 0 Å². The molecule has 106 valence electrons. The van der Waals surface area contributed by atoms with Gasteiger partial charge in [0.1, 0.15) is 0 Å². The van der Waals surface area contributed by atoms with Gasteiger partial charge in [-0.3, -0.25) is 4.79 Å². The van der Waals surface area contributed by atoms with Crippen LogP contribution in [-0.4, -0.2) is 31.2 Å². The van der Waals surface area contributed by atoms with Crippen LogP contribution < -0.4 is 14.8 Å². The third-order valence-corrected chi connectivity index (χ3v) is 3.41. The van der Waals surface area contributed by atoms with Crippen LogP contribution in [0.2, 0.25) is 0 Å². The SMILES string of the molecule is COc1ccccc1OCC(=O)NCCc1nccs1. The number of hydrogen-bond acceptors (Lipinski definition) is 5. The molecule has 0 radical (unpaired) electrons. The first-order valence-corrected chi connectivity index (χ1v) is 7.08. The molecule has 0 atom stereocenters. The number of carbonyl (C=O) groups is 1. The molecule has 20 heavy (non-hydrogen) atoms. The van der Waals surface area contributed by atoms with Gasteiger partial charge in [-0.1, -0.05) is 12.1 Å². The predicted octanol–water partition coefficient (Wildman–Crippen LogP) is 1.89. The van der Waals surface area contributed by atoms with Crippen molar-refractivity contribution < 1.29 is 14.3 Å². The number of thiazole rings is 1. The first-order chi connectivity index (χ1) is 9.79. The van der Waals surface area contributed by atoms with E-state index in [9.17, 15) is 4.79 Å². The van der Waals surface area contributed by atoms with Crippen LogP contribution in [0, 0.1) is 0 Å². The normalized spacial score (nSPS) is 10.1. The lowest BCUT2D eigenvalue weighted by molar-refractivity contribution is -0.123. The second-order valence-corrected chi connectivity index (χ2v) is 4.94. The molecule has 0 fully saturated rings. The molecule has 2 rings (SSSR count). The number of amides is 1. The average Bonchev–Trinajstić information content (AvgIpc) is 2.98. The van der Waals surface area contributed by atoms with Gasteiger partial charge in [0.25, 0.3) is 5.91 Å². The molecule has 1 N–H and O–H groups in total. The molecular weight excluding hydrogens is 276 g/mol. The lowest BCUT2D eigenvalue weighted by atomic mass is 10.3. The number of aromatic nitrogens is 1. The number of hydrogen-bond donors (Lipinski definition) is 1. The third-order valence-electron chi connectivity index (χ3n) is 2.57. The highest BCUT2D eigenvalue weighted by Crippen LogP contribution is 2.25. The quantitative estimate of drug-likeness (QED) is 0.846. The lowest BCUT2D eigenvalue weighted by Crippen LogP contribution is -2.30. The van der Waals surface area contributed by atoms with E-state index in [4.69, 9.17) is 9.47 Å². The van der Waals surface area contributed by atoms with Crippen LogP contribution >= 0.6 is 11.3 Å². The first-order valence-electron chi connectivity index (χ1n) is 6.20. The molecule has 0 aliphatic rings. The number of ether oxygens (including phenoxy) is 2. The maximum atomic E-state index is 11.7. The van der Waals surface area contributed by atoms with Crippen molar-refractivity contribution in [3.05, 3.63) is 40.8 Å². The average molecular weight is 292 g/mol. The molecule has 0 spiro atoms. The smallest absolute Gasteiger partial charge is 0.257 e. The molecule has 6 heteroatoms. The van der Waals surface area contributed by atoms with E-state index < -0.39 is 0 Å². The highest BCUT2D eigenvalue weighted by Gasteiger charge is 2.06. The maximum Gasteiger partial charge on any atom is 0.257 e. The van der Waals surface area contributed by atoms with E-state index in [-0.39, 0.29) is 12.5 Å². The fraction of sp³-hybridized carbons (Fsp3) is 0.286. The summed E-state index contributed by atoms with van der Waals surface area (Å²) in [5.41, 5.74) is 0. The Morgan fingerprint density at radius 1 is 1.35 bits per heavy atom. The Morgan fingerprint density at radius 3 is 2.85 bits per heavy atom. The van der Waals surface area contributed by atoms with Crippen LogP contribution in [0.1, 0.15) is 5.01 Å². The van der Waals surface area contributed by atoms with Gasteiger partial charge in [0.05, 0.1) is 12.1 Å². The number of nitrogens with one attached hydrogen (secondary N) is 1. The van der Waals surface area contributed by atoms with Gasteiger partial charge in [-0.05, 0) is 12.1 Å². The van der Waals surface area contributed by atoms with Crippen molar-refractivity contribution >= 4 is 17.2 Å². The molecule has 0 unspecified atom stereocenters. The molecule has 1 aromatic heterocycles. The van der Waals surface area contributed by atoms with E-state index in [1.54, 1.807) is 36.8 Å². The van der Waals surface area contributed by atoms with Crippen molar-refractivity contribution in [2.24, 2.45) is 0 Å². The summed E-state index contributed by atoms with van der Waals surface area (Å²) in [6.07, 6.45) is 2.49. The molecule has 0 aliphatic heterocycles. The van der Waals surface area contributed by atoms with Gasteiger partial charge in [-0.15, -0.1) is 11.3 Å². The second-order valence-electron chi connectivity index (χ2n) is 3.97. The van der Waals surface area contributed by atoms with Crippen LogP contribution in [0.3, 0.4) is 0 Å². The predicted molar refractivity (Wildman–Crippen MR) is 77.3 cm³/mol. The molecule has 1 amide bonds. The van der Waals surface area contributed by atoms with Gasteiger partial charge in [0.15, 0.2) is 18.1 Å². The van der Waals surface area contributed by atoms with E-state index in [2.05, 4.69) is 10.3 Å². The molecular formula is C14H16N2O3S. The molecule has 1 heterocycles. The summed E-state index contributed by atoms with van der Waals surface area (Å²) in [5.74, 6) is 1.01. The first kappa shape index (κ1) is 14.3. The van der Waals surface area contributed by atoms with Gasteiger partial charge < -0.3 is 14.8 Å². The van der Waals surface area contributed by atoms with E-state index in [0.29, 0.717) is 18.0 Å². The minimum atomic E-state index is -0.160. The molecule has 2 aromatic rings. The Morgan fingerprint density at radius 2 is 2.15 bits per heavy atom. The Labute approximate surface area is 121 Å². The molecule has 0 saturated carbocycles. The van der Waals surface area contributed by atoms with Crippen molar-refractivity contribution in [3.8, 4) is 11.5 Å². The zero-order chi connectivity index (χ0) is 14.2. The summed E-state index contributed by atoms with van der Waals surface area (Å²) in [5, 5.41) is 5.72. The maximum absolute atomic E-state index is 11.7. The van der Waals surface area contributed by atoms with Crippen LogP contribution in [0.5, 0.6) is 11.5 Å². The zero-order valence-corrected chi connectivity index (χ0v) is 12.0. The molecule has 0 saturated heterocycles. The largest absolute Gasteiger partial charge is 0.493 e. The van der Waals surface area contributed by atoms with Crippen LogP contribution in [0.15, 0.2) is 35.8 Å². The minimum absolute atomic E-state index is 0.0295. The summed E-state index contributed by atoms with van der Waals surface area (Å²) in [6, 6.07) is 7.23. The van der Waals surface area contributed by atoms with Crippen molar-refractivity contribution in [2.45, 2.75) is 6.42 Å². The standard InChI is InChI=1S/C14H16N2O3S/c1-18-11-4-2-3-5-12(11)19-10-13(17)15-7-6-14-16-8-9-20-14/h2-5,8-9H,6-7,10H2,1H3,(H,15,17). The Hall–Kier alpha value is -2.08. The molecule has 0 bridgehead atoms. The number of para-hydroxylation sites is 2. The lowest BCUT2D eigenvalue weighted by Gasteiger charge is -2.10. The minimum Gasteiger partial charge on any atom is -0.493 e.